The fourth-order valence-electron chi connectivity index (χ4n) is 1.61. The van der Waals surface area contributed by atoms with Crippen LogP contribution in [0.5, 0.6) is 17.2 Å². The van der Waals surface area contributed by atoms with Gasteiger partial charge in [0.2, 0.25) is 0 Å². The lowest BCUT2D eigenvalue weighted by Crippen LogP contribution is -2.10. The van der Waals surface area contributed by atoms with E-state index in [4.69, 9.17) is 14.2 Å². The average Bonchev–Trinajstić information content (AvgIpc) is 2.48. The molecule has 0 fully saturated rings. The fourth-order valence-corrected chi connectivity index (χ4v) is 1.61. The van der Waals surface area contributed by atoms with Crippen LogP contribution in [-0.2, 0) is 0 Å². The van der Waals surface area contributed by atoms with Crippen LogP contribution in [0.2, 0.25) is 0 Å². The van der Waals surface area contributed by atoms with E-state index in [0.29, 0.717) is 11.5 Å². The zero-order valence-corrected chi connectivity index (χ0v) is 11.1. The van der Waals surface area contributed by atoms with Gasteiger partial charge in [-0.2, -0.15) is 0 Å². The Morgan fingerprint density at radius 2 is 1.60 bits per heavy atom. The van der Waals surface area contributed by atoms with Crippen molar-refractivity contribution < 1.29 is 23.4 Å². The van der Waals surface area contributed by atoms with Crippen molar-refractivity contribution in [3.05, 3.63) is 53.8 Å². The minimum Gasteiger partial charge on any atom is -0.497 e. The Balaban J connectivity index is 2.27. The molecular formula is C15H13FO4. The molecule has 0 atom stereocenters. The van der Waals surface area contributed by atoms with Gasteiger partial charge in [0, 0.05) is 6.07 Å². The Morgan fingerprint density at radius 1 is 1.00 bits per heavy atom. The molecule has 2 rings (SSSR count). The quantitative estimate of drug-likeness (QED) is 0.636. The van der Waals surface area contributed by atoms with Gasteiger partial charge < -0.3 is 14.2 Å². The summed E-state index contributed by atoms with van der Waals surface area (Å²) < 4.78 is 28.6. The van der Waals surface area contributed by atoms with Gasteiger partial charge in [0.1, 0.15) is 11.5 Å². The first kappa shape index (κ1) is 13.9. The molecule has 2 aromatic carbocycles. The highest BCUT2D eigenvalue weighted by Crippen LogP contribution is 2.24. The van der Waals surface area contributed by atoms with Crippen molar-refractivity contribution in [2.24, 2.45) is 0 Å². The summed E-state index contributed by atoms with van der Waals surface area (Å²) >= 11 is 0. The molecule has 0 unspecified atom stereocenters. The van der Waals surface area contributed by atoms with Crippen molar-refractivity contribution in [3.63, 3.8) is 0 Å². The lowest BCUT2D eigenvalue weighted by Gasteiger charge is -2.09. The number of carbonyl (C=O) groups is 1. The fraction of sp³-hybridized carbons (Fsp3) is 0.133. The Hall–Kier alpha value is -2.56. The summed E-state index contributed by atoms with van der Waals surface area (Å²) in [6, 6.07) is 10.3. The molecular weight excluding hydrogens is 263 g/mol. The number of halogens is 1. The minimum absolute atomic E-state index is 0.126. The van der Waals surface area contributed by atoms with E-state index in [2.05, 4.69) is 0 Å². The van der Waals surface area contributed by atoms with Crippen LogP contribution in [0.15, 0.2) is 42.5 Å². The third-order valence-corrected chi connectivity index (χ3v) is 2.63. The summed E-state index contributed by atoms with van der Waals surface area (Å²) in [5.74, 6) is -0.517. The molecule has 0 saturated carbocycles. The number of methoxy groups -OCH3 is 2. The molecule has 0 aliphatic rings. The van der Waals surface area contributed by atoms with Crippen molar-refractivity contribution in [2.75, 3.05) is 14.2 Å². The minimum atomic E-state index is -0.688. The van der Waals surface area contributed by atoms with Gasteiger partial charge in [-0.25, -0.2) is 9.18 Å². The largest absolute Gasteiger partial charge is 0.497 e. The van der Waals surface area contributed by atoms with Crippen LogP contribution in [-0.4, -0.2) is 20.2 Å². The number of rotatable bonds is 4. The molecule has 4 nitrogen and oxygen atoms in total. The highest BCUT2D eigenvalue weighted by atomic mass is 19.1. The highest BCUT2D eigenvalue weighted by Gasteiger charge is 2.14. The molecule has 2 aromatic rings. The summed E-state index contributed by atoms with van der Waals surface area (Å²) in [5, 5.41) is 0. The van der Waals surface area contributed by atoms with E-state index in [0.717, 1.165) is 0 Å². The van der Waals surface area contributed by atoms with Crippen LogP contribution in [0.25, 0.3) is 0 Å². The Kier molecular flexibility index (Phi) is 4.20. The van der Waals surface area contributed by atoms with Crippen molar-refractivity contribution >= 4 is 5.97 Å². The maximum atomic E-state index is 13.4. The number of para-hydroxylation sites is 1. The Bertz CT molecular complexity index is 603. The van der Waals surface area contributed by atoms with E-state index in [1.54, 1.807) is 12.1 Å². The third-order valence-electron chi connectivity index (χ3n) is 2.63. The van der Waals surface area contributed by atoms with Gasteiger partial charge in [0.15, 0.2) is 11.6 Å². The van der Waals surface area contributed by atoms with E-state index in [1.165, 1.54) is 44.6 Å². The first-order chi connectivity index (χ1) is 9.63. The van der Waals surface area contributed by atoms with Gasteiger partial charge in [-0.05, 0) is 24.3 Å². The first-order valence-electron chi connectivity index (χ1n) is 5.84. The molecule has 5 heteroatoms. The van der Waals surface area contributed by atoms with Gasteiger partial charge in [-0.3, -0.25) is 0 Å². The molecule has 0 aliphatic carbocycles. The topological polar surface area (TPSA) is 44.8 Å². The summed E-state index contributed by atoms with van der Waals surface area (Å²) in [7, 11) is 2.95. The molecule has 0 aliphatic heterocycles. The molecule has 0 bridgehead atoms. The van der Waals surface area contributed by atoms with Crippen LogP contribution >= 0.6 is 0 Å². The Morgan fingerprint density at radius 3 is 2.15 bits per heavy atom. The predicted octanol–water partition coefficient (Wildman–Crippen LogP) is 3.06. The standard InChI is InChI=1S/C15H13FO4/c1-18-11-7-10(8-12(9-11)19-2)15(17)20-14-6-4-3-5-13(14)16/h3-9H,1-2H3. The van der Waals surface area contributed by atoms with Crippen molar-refractivity contribution in [2.45, 2.75) is 0 Å². The molecule has 0 spiro atoms. The second-order valence-electron chi connectivity index (χ2n) is 3.92. The number of benzene rings is 2. The SMILES string of the molecule is COc1cc(OC)cc(C(=O)Oc2ccccc2F)c1. The van der Waals surface area contributed by atoms with Crippen LogP contribution in [0.4, 0.5) is 4.39 Å². The predicted molar refractivity (Wildman–Crippen MR) is 70.9 cm³/mol. The smallest absolute Gasteiger partial charge is 0.343 e. The van der Waals surface area contributed by atoms with E-state index in [1.807, 2.05) is 0 Å². The number of carbonyl (C=O) groups excluding carboxylic acids is 1. The van der Waals surface area contributed by atoms with E-state index >= 15 is 0 Å². The monoisotopic (exact) mass is 276 g/mol. The van der Waals surface area contributed by atoms with Crippen LogP contribution in [0.3, 0.4) is 0 Å². The number of hydrogen-bond donors (Lipinski definition) is 0. The number of ether oxygens (including phenoxy) is 3. The third kappa shape index (κ3) is 3.06. The summed E-state index contributed by atoms with van der Waals surface area (Å²) in [6.45, 7) is 0. The summed E-state index contributed by atoms with van der Waals surface area (Å²) in [4.78, 5) is 12.0. The van der Waals surface area contributed by atoms with Crippen LogP contribution < -0.4 is 14.2 Å². The second-order valence-corrected chi connectivity index (χ2v) is 3.92. The maximum absolute atomic E-state index is 13.4. The van der Waals surface area contributed by atoms with Crippen molar-refractivity contribution in [1.29, 1.82) is 0 Å². The van der Waals surface area contributed by atoms with Crippen molar-refractivity contribution in [1.82, 2.24) is 0 Å². The van der Waals surface area contributed by atoms with Gasteiger partial charge in [0.25, 0.3) is 0 Å². The molecule has 0 saturated heterocycles. The summed E-state index contributed by atoms with van der Waals surface area (Å²) in [5.41, 5.74) is 0.212. The van der Waals surface area contributed by atoms with Gasteiger partial charge in [-0.15, -0.1) is 0 Å². The molecule has 0 amide bonds. The van der Waals surface area contributed by atoms with E-state index in [9.17, 15) is 9.18 Å². The first-order valence-corrected chi connectivity index (χ1v) is 5.84. The van der Waals surface area contributed by atoms with Crippen LogP contribution in [0.1, 0.15) is 10.4 Å². The lowest BCUT2D eigenvalue weighted by atomic mass is 10.2. The molecule has 0 N–H and O–H groups in total. The molecule has 104 valence electrons. The van der Waals surface area contributed by atoms with Gasteiger partial charge in [-0.1, -0.05) is 12.1 Å². The Labute approximate surface area is 115 Å². The maximum Gasteiger partial charge on any atom is 0.343 e. The number of esters is 1. The molecule has 0 radical (unpaired) electrons. The lowest BCUT2D eigenvalue weighted by molar-refractivity contribution is 0.0727. The second kappa shape index (κ2) is 6.06. The molecule has 0 heterocycles. The molecule has 20 heavy (non-hydrogen) atoms. The zero-order chi connectivity index (χ0) is 14.5. The summed E-state index contributed by atoms with van der Waals surface area (Å²) in [6.07, 6.45) is 0. The number of hydrogen-bond acceptors (Lipinski definition) is 4. The van der Waals surface area contributed by atoms with Crippen molar-refractivity contribution in [3.8, 4) is 17.2 Å². The van der Waals surface area contributed by atoms with Gasteiger partial charge >= 0.3 is 5.97 Å². The molecule has 0 aromatic heterocycles. The van der Waals surface area contributed by atoms with Gasteiger partial charge in [0.05, 0.1) is 19.8 Å². The highest BCUT2D eigenvalue weighted by molar-refractivity contribution is 5.92. The van der Waals surface area contributed by atoms with E-state index in [-0.39, 0.29) is 11.3 Å². The van der Waals surface area contributed by atoms with E-state index < -0.39 is 11.8 Å². The zero-order valence-electron chi connectivity index (χ0n) is 11.1. The normalized spacial score (nSPS) is 9.95. The average molecular weight is 276 g/mol. The van der Waals surface area contributed by atoms with Crippen LogP contribution in [0, 0.1) is 5.82 Å².